The highest BCUT2D eigenvalue weighted by atomic mass is 31.2. The van der Waals surface area contributed by atoms with E-state index in [4.69, 9.17) is 13.8 Å². The van der Waals surface area contributed by atoms with Crippen LogP contribution >= 0.6 is 7.82 Å². The van der Waals surface area contributed by atoms with Crippen molar-refractivity contribution < 1.29 is 32.5 Å². The van der Waals surface area contributed by atoms with Gasteiger partial charge in [-0.2, -0.15) is 0 Å². The molecule has 2 unspecified atom stereocenters. The van der Waals surface area contributed by atoms with Crippen molar-refractivity contribution in [3.8, 4) is 0 Å². The first kappa shape index (κ1) is 31.3. The standard InChI is InChI=1S/C23H49N2O6P/c1-7-8-9-10-11-12-13-14-15-16-17-22(20-29-23(26)24(2)3)21-31-32(27,28)30-19-18-25(4,5)6/h22H,7-21H2,1-6H3/p+1. The Kier molecular flexibility index (Phi) is 17.4. The molecule has 0 bridgehead atoms. The van der Waals surface area contributed by atoms with Gasteiger partial charge in [-0.05, 0) is 6.42 Å². The first-order valence-electron chi connectivity index (χ1n) is 12.2. The summed E-state index contributed by atoms with van der Waals surface area (Å²) in [5, 5.41) is 0. The van der Waals surface area contributed by atoms with Gasteiger partial charge in [-0.15, -0.1) is 0 Å². The van der Waals surface area contributed by atoms with Crippen LogP contribution in [0.25, 0.3) is 0 Å². The third-order valence-corrected chi connectivity index (χ3v) is 6.25. The summed E-state index contributed by atoms with van der Waals surface area (Å²) >= 11 is 0. The van der Waals surface area contributed by atoms with Gasteiger partial charge in [0, 0.05) is 20.0 Å². The van der Waals surface area contributed by atoms with Gasteiger partial charge in [0.25, 0.3) is 0 Å². The zero-order valence-corrected chi connectivity index (χ0v) is 22.4. The highest BCUT2D eigenvalue weighted by molar-refractivity contribution is 7.47. The van der Waals surface area contributed by atoms with Gasteiger partial charge in [0.1, 0.15) is 13.2 Å². The zero-order valence-electron chi connectivity index (χ0n) is 21.5. The van der Waals surface area contributed by atoms with E-state index in [2.05, 4.69) is 6.92 Å². The highest BCUT2D eigenvalue weighted by Crippen LogP contribution is 2.43. The van der Waals surface area contributed by atoms with Crippen molar-refractivity contribution in [3.63, 3.8) is 0 Å². The number of quaternary nitrogens is 1. The van der Waals surface area contributed by atoms with E-state index in [-0.39, 0.29) is 25.7 Å². The fraction of sp³-hybridized carbons (Fsp3) is 0.957. The summed E-state index contributed by atoms with van der Waals surface area (Å²) < 4.78 is 28.4. The van der Waals surface area contributed by atoms with Crippen LogP contribution in [0.5, 0.6) is 0 Å². The molecule has 0 aromatic carbocycles. The van der Waals surface area contributed by atoms with Gasteiger partial charge in [-0.3, -0.25) is 9.05 Å². The topological polar surface area (TPSA) is 85.3 Å². The Morgan fingerprint density at radius 3 is 1.94 bits per heavy atom. The third kappa shape index (κ3) is 20.0. The molecule has 9 heteroatoms. The molecular weight excluding hydrogens is 431 g/mol. The molecule has 0 saturated carbocycles. The van der Waals surface area contributed by atoms with Crippen LogP contribution < -0.4 is 0 Å². The maximum atomic E-state index is 12.2. The van der Waals surface area contributed by atoms with Crippen LogP contribution in [-0.4, -0.2) is 82.0 Å². The average Bonchev–Trinajstić information content (AvgIpc) is 2.69. The number of phosphoric acid groups is 1. The van der Waals surface area contributed by atoms with Gasteiger partial charge >= 0.3 is 13.9 Å². The Morgan fingerprint density at radius 1 is 0.906 bits per heavy atom. The number of ether oxygens (including phenoxy) is 1. The van der Waals surface area contributed by atoms with E-state index in [1.165, 1.54) is 56.3 Å². The van der Waals surface area contributed by atoms with E-state index in [1.807, 2.05) is 21.1 Å². The molecule has 1 N–H and O–H groups in total. The lowest BCUT2D eigenvalue weighted by molar-refractivity contribution is -0.870. The van der Waals surface area contributed by atoms with E-state index in [0.717, 1.165) is 19.3 Å². The lowest BCUT2D eigenvalue weighted by Gasteiger charge is -2.24. The number of hydrogen-bond acceptors (Lipinski definition) is 5. The molecule has 0 aliphatic rings. The molecular formula is C23H50N2O6P+. The molecule has 192 valence electrons. The van der Waals surface area contributed by atoms with E-state index in [9.17, 15) is 14.3 Å². The minimum Gasteiger partial charge on any atom is -0.449 e. The van der Waals surface area contributed by atoms with Crippen LogP contribution in [0.3, 0.4) is 0 Å². The van der Waals surface area contributed by atoms with Crippen LogP contribution in [0.15, 0.2) is 0 Å². The molecule has 32 heavy (non-hydrogen) atoms. The SMILES string of the molecule is CCCCCCCCCCCCC(COC(=O)N(C)C)COP(=O)(O)OCC[N+](C)(C)C. The van der Waals surface area contributed by atoms with Crippen LogP contribution in [0.1, 0.15) is 77.6 Å². The second kappa shape index (κ2) is 17.8. The Labute approximate surface area is 196 Å². The fourth-order valence-electron chi connectivity index (χ4n) is 3.12. The van der Waals surface area contributed by atoms with Gasteiger partial charge in [0.05, 0.1) is 34.4 Å². The molecule has 0 rings (SSSR count). The minimum absolute atomic E-state index is 0.0241. The van der Waals surface area contributed by atoms with E-state index in [0.29, 0.717) is 11.0 Å². The number of rotatable bonds is 20. The molecule has 0 spiro atoms. The van der Waals surface area contributed by atoms with Gasteiger partial charge in [-0.25, -0.2) is 9.36 Å². The molecule has 2 atom stereocenters. The Bertz CT molecular complexity index is 525. The molecule has 8 nitrogen and oxygen atoms in total. The number of phosphoric ester groups is 1. The maximum absolute atomic E-state index is 12.2. The van der Waals surface area contributed by atoms with Gasteiger partial charge in [0.2, 0.25) is 0 Å². The molecule has 0 fully saturated rings. The van der Waals surface area contributed by atoms with E-state index >= 15 is 0 Å². The lowest BCUT2D eigenvalue weighted by atomic mass is 10.0. The summed E-state index contributed by atoms with van der Waals surface area (Å²) in [6, 6.07) is 0. The van der Waals surface area contributed by atoms with E-state index in [1.54, 1.807) is 14.1 Å². The second-order valence-electron chi connectivity index (χ2n) is 9.92. The normalized spacial score (nSPS) is 14.7. The summed E-state index contributed by atoms with van der Waals surface area (Å²) in [5.41, 5.74) is 0. The maximum Gasteiger partial charge on any atom is 0.472 e. The Hall–Kier alpha value is -0.660. The molecule has 1 amide bonds. The Balaban J connectivity index is 4.29. The minimum atomic E-state index is -4.13. The fourth-order valence-corrected chi connectivity index (χ4v) is 3.91. The number of carbonyl (C=O) groups is 1. The number of hydrogen-bond donors (Lipinski definition) is 1. The van der Waals surface area contributed by atoms with Crippen molar-refractivity contribution in [2.24, 2.45) is 5.92 Å². The second-order valence-corrected chi connectivity index (χ2v) is 11.4. The molecule has 0 heterocycles. The first-order valence-corrected chi connectivity index (χ1v) is 13.7. The summed E-state index contributed by atoms with van der Waals surface area (Å²) in [5.74, 6) is -0.143. The van der Waals surface area contributed by atoms with Crippen molar-refractivity contribution >= 4 is 13.9 Å². The van der Waals surface area contributed by atoms with Crippen LogP contribution in [0.2, 0.25) is 0 Å². The van der Waals surface area contributed by atoms with Crippen molar-refractivity contribution in [2.75, 3.05) is 61.6 Å². The van der Waals surface area contributed by atoms with Gasteiger partial charge in [0.15, 0.2) is 0 Å². The molecule has 0 aliphatic carbocycles. The van der Waals surface area contributed by atoms with Crippen molar-refractivity contribution in [1.82, 2.24) is 4.90 Å². The van der Waals surface area contributed by atoms with Crippen molar-refractivity contribution in [2.45, 2.75) is 77.6 Å². The molecule has 0 saturated heterocycles. The first-order chi connectivity index (χ1) is 15.0. The number of unbranched alkanes of at least 4 members (excludes halogenated alkanes) is 9. The molecule has 0 aromatic heterocycles. The highest BCUT2D eigenvalue weighted by Gasteiger charge is 2.25. The van der Waals surface area contributed by atoms with Crippen LogP contribution in [-0.2, 0) is 18.3 Å². The molecule has 0 aromatic rings. The lowest BCUT2D eigenvalue weighted by Crippen LogP contribution is -2.37. The third-order valence-electron chi connectivity index (χ3n) is 5.26. The molecule has 0 radical (unpaired) electrons. The van der Waals surface area contributed by atoms with Gasteiger partial charge in [-0.1, -0.05) is 71.1 Å². The van der Waals surface area contributed by atoms with Crippen molar-refractivity contribution in [1.29, 1.82) is 0 Å². The number of carbonyl (C=O) groups excluding carboxylic acids is 1. The average molecular weight is 482 g/mol. The predicted octanol–water partition coefficient (Wildman–Crippen LogP) is 5.45. The number of nitrogens with zero attached hydrogens (tertiary/aromatic N) is 2. The molecule has 0 aliphatic heterocycles. The van der Waals surface area contributed by atoms with Crippen molar-refractivity contribution in [3.05, 3.63) is 0 Å². The quantitative estimate of drug-likeness (QED) is 0.141. The van der Waals surface area contributed by atoms with Crippen LogP contribution in [0.4, 0.5) is 4.79 Å². The smallest absolute Gasteiger partial charge is 0.449 e. The van der Waals surface area contributed by atoms with E-state index < -0.39 is 13.9 Å². The van der Waals surface area contributed by atoms with Gasteiger partial charge < -0.3 is 19.0 Å². The summed E-state index contributed by atoms with van der Waals surface area (Å²) in [4.78, 5) is 23.1. The largest absolute Gasteiger partial charge is 0.472 e. The summed E-state index contributed by atoms with van der Waals surface area (Å²) in [6.45, 7) is 3.15. The van der Waals surface area contributed by atoms with Crippen LogP contribution in [0, 0.1) is 5.92 Å². The summed E-state index contributed by atoms with van der Waals surface area (Å²) in [7, 11) is 5.06. The zero-order chi connectivity index (χ0) is 24.5. The monoisotopic (exact) mass is 481 g/mol. The number of likely N-dealkylation sites (N-methyl/N-ethyl adjacent to an activating group) is 1. The number of amides is 1. The Morgan fingerprint density at radius 2 is 1.44 bits per heavy atom. The summed E-state index contributed by atoms with van der Waals surface area (Å²) in [6.07, 6.45) is 12.8. The predicted molar refractivity (Wildman–Crippen MR) is 130 cm³/mol.